The van der Waals surface area contributed by atoms with E-state index in [2.05, 4.69) is 15.9 Å². The Kier molecular flexibility index (Phi) is 4.78. The number of halogens is 2. The van der Waals surface area contributed by atoms with Crippen molar-refractivity contribution in [3.05, 3.63) is 63.9 Å². The lowest BCUT2D eigenvalue weighted by Gasteiger charge is -2.24. The molecule has 0 aliphatic rings. The second-order valence-electron chi connectivity index (χ2n) is 4.95. The fraction of sp³-hybridized carbons (Fsp3) is 0.250. The predicted octanol–water partition coefficient (Wildman–Crippen LogP) is 4.24. The van der Waals surface area contributed by atoms with E-state index in [-0.39, 0.29) is 11.9 Å². The highest BCUT2D eigenvalue weighted by atomic mass is 79.9. The van der Waals surface area contributed by atoms with Crippen LogP contribution in [0.3, 0.4) is 0 Å². The Hall–Kier alpha value is -1.39. The van der Waals surface area contributed by atoms with Crippen molar-refractivity contribution in [3.8, 4) is 0 Å². The maximum atomic E-state index is 14.1. The molecule has 0 spiro atoms. The lowest BCUT2D eigenvalue weighted by atomic mass is 10.0. The molecule has 2 aromatic rings. The number of para-hydroxylation sites is 1. The molecule has 106 valence electrons. The summed E-state index contributed by atoms with van der Waals surface area (Å²) in [5.41, 5.74) is 8.45. The van der Waals surface area contributed by atoms with Gasteiger partial charge >= 0.3 is 0 Å². The number of hydrogen-bond acceptors (Lipinski definition) is 2. The van der Waals surface area contributed by atoms with E-state index in [9.17, 15) is 4.39 Å². The molecule has 2 nitrogen and oxygen atoms in total. The van der Waals surface area contributed by atoms with Gasteiger partial charge in [-0.25, -0.2) is 4.39 Å². The zero-order chi connectivity index (χ0) is 14.7. The van der Waals surface area contributed by atoms with Crippen molar-refractivity contribution in [1.29, 1.82) is 0 Å². The first-order valence-corrected chi connectivity index (χ1v) is 7.28. The highest BCUT2D eigenvalue weighted by Crippen LogP contribution is 2.28. The predicted molar refractivity (Wildman–Crippen MR) is 85.3 cm³/mol. The minimum Gasteiger partial charge on any atom is -0.368 e. The Morgan fingerprint density at radius 2 is 1.85 bits per heavy atom. The van der Waals surface area contributed by atoms with Gasteiger partial charge in [0.1, 0.15) is 5.82 Å². The molecule has 0 fully saturated rings. The van der Waals surface area contributed by atoms with E-state index in [1.807, 2.05) is 49.2 Å². The highest BCUT2D eigenvalue weighted by molar-refractivity contribution is 9.10. The first-order valence-electron chi connectivity index (χ1n) is 6.48. The Morgan fingerprint density at radius 1 is 1.20 bits per heavy atom. The summed E-state index contributed by atoms with van der Waals surface area (Å²) in [7, 11) is 1.88. The van der Waals surface area contributed by atoms with Crippen LogP contribution in [0, 0.1) is 5.82 Å². The molecule has 0 aliphatic carbocycles. The van der Waals surface area contributed by atoms with Gasteiger partial charge in [-0.15, -0.1) is 0 Å². The number of anilines is 1. The summed E-state index contributed by atoms with van der Waals surface area (Å²) in [5, 5.41) is 0. The zero-order valence-electron chi connectivity index (χ0n) is 11.6. The smallest absolute Gasteiger partial charge is 0.146 e. The standard InChI is InChI=1S/C16H18BrFN2/c1-11(19)14-4-3-5-15(18)16(14)20(2)10-12-6-8-13(17)9-7-12/h3-9,11H,10,19H2,1-2H3/t11-/m0/s1. The third-order valence-corrected chi connectivity index (χ3v) is 3.75. The van der Waals surface area contributed by atoms with E-state index in [4.69, 9.17) is 5.73 Å². The van der Waals surface area contributed by atoms with E-state index in [1.54, 1.807) is 6.07 Å². The van der Waals surface area contributed by atoms with Gasteiger partial charge in [-0.2, -0.15) is 0 Å². The molecule has 0 unspecified atom stereocenters. The molecule has 0 saturated carbocycles. The fourth-order valence-electron chi connectivity index (χ4n) is 2.24. The Bertz CT molecular complexity index is 582. The summed E-state index contributed by atoms with van der Waals surface area (Å²) in [5.74, 6) is -0.237. The third kappa shape index (κ3) is 3.38. The first kappa shape index (κ1) is 15.0. The molecule has 2 N–H and O–H groups in total. The van der Waals surface area contributed by atoms with Gasteiger partial charge < -0.3 is 10.6 Å². The normalized spacial score (nSPS) is 12.2. The number of nitrogens with two attached hydrogens (primary N) is 1. The van der Waals surface area contributed by atoms with Crippen LogP contribution in [0.4, 0.5) is 10.1 Å². The molecule has 0 aromatic heterocycles. The van der Waals surface area contributed by atoms with E-state index in [0.29, 0.717) is 12.2 Å². The molecule has 0 heterocycles. The molecule has 2 rings (SSSR count). The minimum atomic E-state index is -0.237. The molecule has 0 bridgehead atoms. The zero-order valence-corrected chi connectivity index (χ0v) is 13.2. The summed E-state index contributed by atoms with van der Waals surface area (Å²) in [6.07, 6.45) is 0. The van der Waals surface area contributed by atoms with E-state index in [0.717, 1.165) is 15.6 Å². The summed E-state index contributed by atoms with van der Waals surface area (Å²) in [6, 6.07) is 12.9. The Balaban J connectivity index is 2.29. The molecular formula is C16H18BrFN2. The van der Waals surface area contributed by atoms with Gasteiger partial charge in [0, 0.05) is 24.1 Å². The second-order valence-corrected chi connectivity index (χ2v) is 5.86. The summed E-state index contributed by atoms with van der Waals surface area (Å²) >= 11 is 3.41. The Morgan fingerprint density at radius 3 is 2.45 bits per heavy atom. The van der Waals surface area contributed by atoms with Gasteiger partial charge in [0.15, 0.2) is 0 Å². The van der Waals surface area contributed by atoms with Crippen LogP contribution >= 0.6 is 15.9 Å². The first-order chi connectivity index (χ1) is 9.49. The lowest BCUT2D eigenvalue weighted by molar-refractivity contribution is 0.616. The third-order valence-electron chi connectivity index (χ3n) is 3.22. The monoisotopic (exact) mass is 336 g/mol. The number of rotatable bonds is 4. The fourth-order valence-corrected chi connectivity index (χ4v) is 2.51. The van der Waals surface area contributed by atoms with Crippen molar-refractivity contribution in [3.63, 3.8) is 0 Å². The number of nitrogens with zero attached hydrogens (tertiary/aromatic N) is 1. The van der Waals surface area contributed by atoms with Crippen molar-refractivity contribution < 1.29 is 4.39 Å². The Labute approximate surface area is 127 Å². The molecular weight excluding hydrogens is 319 g/mol. The van der Waals surface area contributed by atoms with Crippen LogP contribution in [0.2, 0.25) is 0 Å². The molecule has 1 atom stereocenters. The average molecular weight is 337 g/mol. The van der Waals surface area contributed by atoms with Crippen LogP contribution < -0.4 is 10.6 Å². The van der Waals surface area contributed by atoms with Crippen LogP contribution in [0.1, 0.15) is 24.1 Å². The van der Waals surface area contributed by atoms with Crippen LogP contribution in [0.25, 0.3) is 0 Å². The van der Waals surface area contributed by atoms with Crippen molar-refractivity contribution >= 4 is 21.6 Å². The van der Waals surface area contributed by atoms with Gasteiger partial charge in [-0.05, 0) is 36.2 Å². The minimum absolute atomic E-state index is 0.201. The van der Waals surface area contributed by atoms with Crippen molar-refractivity contribution in [2.45, 2.75) is 19.5 Å². The van der Waals surface area contributed by atoms with Crippen molar-refractivity contribution in [2.75, 3.05) is 11.9 Å². The topological polar surface area (TPSA) is 29.3 Å². The van der Waals surface area contributed by atoms with Gasteiger partial charge in [0.05, 0.1) is 5.69 Å². The van der Waals surface area contributed by atoms with Crippen LogP contribution in [0.5, 0.6) is 0 Å². The molecule has 0 aliphatic heterocycles. The average Bonchev–Trinajstić information content (AvgIpc) is 2.40. The SMILES string of the molecule is C[C@H](N)c1cccc(F)c1N(C)Cc1ccc(Br)cc1. The molecule has 4 heteroatoms. The van der Waals surface area contributed by atoms with Crippen molar-refractivity contribution in [2.24, 2.45) is 5.73 Å². The molecule has 0 amide bonds. The molecule has 0 radical (unpaired) electrons. The molecule has 2 aromatic carbocycles. The van der Waals surface area contributed by atoms with Crippen molar-refractivity contribution in [1.82, 2.24) is 0 Å². The maximum Gasteiger partial charge on any atom is 0.146 e. The maximum absolute atomic E-state index is 14.1. The second kappa shape index (κ2) is 6.37. The van der Waals surface area contributed by atoms with Crippen LogP contribution in [-0.2, 0) is 6.54 Å². The molecule has 0 saturated heterocycles. The van der Waals surface area contributed by atoms with Gasteiger partial charge in [-0.3, -0.25) is 0 Å². The van der Waals surface area contributed by atoms with E-state index in [1.165, 1.54) is 6.07 Å². The number of benzene rings is 2. The lowest BCUT2D eigenvalue weighted by Crippen LogP contribution is -2.21. The van der Waals surface area contributed by atoms with Gasteiger partial charge in [0.2, 0.25) is 0 Å². The summed E-state index contributed by atoms with van der Waals surface area (Å²) in [6.45, 7) is 2.50. The molecule has 20 heavy (non-hydrogen) atoms. The largest absolute Gasteiger partial charge is 0.368 e. The quantitative estimate of drug-likeness (QED) is 0.904. The van der Waals surface area contributed by atoms with Crippen LogP contribution in [-0.4, -0.2) is 7.05 Å². The summed E-state index contributed by atoms with van der Waals surface area (Å²) in [4.78, 5) is 1.90. The van der Waals surface area contributed by atoms with Crippen LogP contribution in [0.15, 0.2) is 46.9 Å². The van der Waals surface area contributed by atoms with Gasteiger partial charge in [0.25, 0.3) is 0 Å². The summed E-state index contributed by atoms with van der Waals surface area (Å²) < 4.78 is 15.2. The van der Waals surface area contributed by atoms with Gasteiger partial charge in [-0.1, -0.05) is 40.2 Å². The number of hydrogen-bond donors (Lipinski definition) is 1. The van der Waals surface area contributed by atoms with E-state index < -0.39 is 0 Å². The highest BCUT2D eigenvalue weighted by Gasteiger charge is 2.15. The van der Waals surface area contributed by atoms with E-state index >= 15 is 0 Å².